The van der Waals surface area contributed by atoms with Crippen LogP contribution in [0.5, 0.6) is 0 Å². The van der Waals surface area contributed by atoms with E-state index < -0.39 is 6.10 Å². The van der Waals surface area contributed by atoms with Crippen LogP contribution >= 0.6 is 23.1 Å². The van der Waals surface area contributed by atoms with Gasteiger partial charge in [-0.2, -0.15) is 0 Å². The summed E-state index contributed by atoms with van der Waals surface area (Å²) in [4.78, 5) is 5.18. The predicted molar refractivity (Wildman–Crippen MR) is 68.0 cm³/mol. The topological polar surface area (TPSA) is 33.1 Å². The summed E-state index contributed by atoms with van der Waals surface area (Å²) in [7, 11) is 0. The van der Waals surface area contributed by atoms with Crippen molar-refractivity contribution in [2.45, 2.75) is 29.2 Å². The highest BCUT2D eigenvalue weighted by molar-refractivity contribution is 8.01. The van der Waals surface area contributed by atoms with Crippen molar-refractivity contribution in [1.82, 2.24) is 4.98 Å². The lowest BCUT2D eigenvalue weighted by Crippen LogP contribution is -1.95. The van der Waals surface area contributed by atoms with Crippen molar-refractivity contribution in [2.24, 2.45) is 0 Å². The highest BCUT2D eigenvalue weighted by Crippen LogP contribution is 2.35. The SMILES string of the molecule is Cc1csc(Sc2ccc(F)cc2C(C)O)n1. The molecule has 1 aromatic carbocycles. The summed E-state index contributed by atoms with van der Waals surface area (Å²) in [6, 6.07) is 4.45. The van der Waals surface area contributed by atoms with Gasteiger partial charge in [0.1, 0.15) is 5.82 Å². The van der Waals surface area contributed by atoms with Crippen LogP contribution in [-0.2, 0) is 0 Å². The summed E-state index contributed by atoms with van der Waals surface area (Å²) in [6.45, 7) is 3.56. The van der Waals surface area contributed by atoms with Gasteiger partial charge in [-0.05, 0) is 37.6 Å². The molecule has 0 aliphatic rings. The molecule has 2 aromatic rings. The quantitative estimate of drug-likeness (QED) is 0.920. The Morgan fingerprint density at radius 1 is 1.47 bits per heavy atom. The van der Waals surface area contributed by atoms with E-state index in [2.05, 4.69) is 4.98 Å². The Balaban J connectivity index is 2.32. The molecule has 0 amide bonds. The molecule has 17 heavy (non-hydrogen) atoms. The van der Waals surface area contributed by atoms with Crippen LogP contribution in [0.25, 0.3) is 0 Å². The Labute approximate surface area is 108 Å². The number of benzene rings is 1. The van der Waals surface area contributed by atoms with Crippen molar-refractivity contribution in [3.8, 4) is 0 Å². The summed E-state index contributed by atoms with van der Waals surface area (Å²) in [5, 5.41) is 11.6. The van der Waals surface area contributed by atoms with Crippen molar-refractivity contribution >= 4 is 23.1 Å². The van der Waals surface area contributed by atoms with Crippen LogP contribution in [0.1, 0.15) is 24.3 Å². The largest absolute Gasteiger partial charge is 0.389 e. The maximum absolute atomic E-state index is 13.1. The third-order valence-electron chi connectivity index (χ3n) is 2.22. The van der Waals surface area contributed by atoms with Gasteiger partial charge < -0.3 is 5.11 Å². The number of nitrogens with zero attached hydrogens (tertiary/aromatic N) is 1. The number of hydrogen-bond acceptors (Lipinski definition) is 4. The number of rotatable bonds is 3. The summed E-state index contributed by atoms with van der Waals surface area (Å²) in [6.07, 6.45) is -0.686. The fraction of sp³-hybridized carbons (Fsp3) is 0.250. The molecule has 2 nitrogen and oxygen atoms in total. The number of aliphatic hydroxyl groups is 1. The third kappa shape index (κ3) is 3.06. The highest BCUT2D eigenvalue weighted by atomic mass is 32.2. The maximum atomic E-state index is 13.1. The second-order valence-corrected chi connectivity index (χ2v) is 5.86. The van der Waals surface area contributed by atoms with Gasteiger partial charge in [0.2, 0.25) is 0 Å². The van der Waals surface area contributed by atoms with Crippen LogP contribution < -0.4 is 0 Å². The minimum absolute atomic E-state index is 0.333. The molecule has 0 fully saturated rings. The van der Waals surface area contributed by atoms with Gasteiger partial charge in [-0.25, -0.2) is 9.37 Å². The zero-order chi connectivity index (χ0) is 12.4. The first-order valence-corrected chi connectivity index (χ1v) is 6.83. The predicted octanol–water partition coefficient (Wildman–Crippen LogP) is 3.80. The molecule has 1 atom stereocenters. The molecule has 0 spiro atoms. The lowest BCUT2D eigenvalue weighted by Gasteiger charge is -2.10. The molecule has 1 N–H and O–H groups in total. The van der Waals surface area contributed by atoms with Crippen LogP contribution in [0.4, 0.5) is 4.39 Å². The number of thiazole rings is 1. The summed E-state index contributed by atoms with van der Waals surface area (Å²) < 4.78 is 14.0. The van der Waals surface area contributed by atoms with Crippen molar-refractivity contribution < 1.29 is 9.50 Å². The van der Waals surface area contributed by atoms with E-state index in [0.717, 1.165) is 14.9 Å². The maximum Gasteiger partial charge on any atom is 0.154 e. The standard InChI is InChI=1S/C12H12FNOS2/c1-7-6-16-12(14-7)17-11-4-3-9(13)5-10(11)8(2)15/h3-6,8,15H,1-2H3. The lowest BCUT2D eigenvalue weighted by molar-refractivity contribution is 0.196. The molecule has 90 valence electrons. The van der Waals surface area contributed by atoms with Gasteiger partial charge in [-0.1, -0.05) is 11.8 Å². The van der Waals surface area contributed by atoms with Crippen LogP contribution in [0.15, 0.2) is 32.8 Å². The van der Waals surface area contributed by atoms with E-state index >= 15 is 0 Å². The van der Waals surface area contributed by atoms with E-state index in [4.69, 9.17) is 0 Å². The molecule has 0 saturated carbocycles. The van der Waals surface area contributed by atoms with Crippen LogP contribution in [-0.4, -0.2) is 10.1 Å². The molecule has 1 heterocycles. The number of hydrogen-bond donors (Lipinski definition) is 1. The second kappa shape index (κ2) is 5.16. The van der Waals surface area contributed by atoms with E-state index in [1.165, 1.54) is 23.9 Å². The normalized spacial score (nSPS) is 12.7. The Kier molecular flexibility index (Phi) is 3.81. The molecule has 0 aliphatic carbocycles. The molecule has 2 rings (SSSR count). The minimum Gasteiger partial charge on any atom is -0.389 e. The van der Waals surface area contributed by atoms with Crippen LogP contribution in [0.3, 0.4) is 0 Å². The number of halogens is 1. The first-order chi connectivity index (χ1) is 8.06. The Morgan fingerprint density at radius 3 is 2.82 bits per heavy atom. The molecule has 0 bridgehead atoms. The van der Waals surface area contributed by atoms with Gasteiger partial charge in [0.05, 0.1) is 6.10 Å². The van der Waals surface area contributed by atoms with Crippen LogP contribution in [0, 0.1) is 12.7 Å². The molecule has 0 saturated heterocycles. The zero-order valence-corrected chi connectivity index (χ0v) is 11.1. The van der Waals surface area contributed by atoms with Crippen LogP contribution in [0.2, 0.25) is 0 Å². The number of aryl methyl sites for hydroxylation is 1. The molecule has 5 heteroatoms. The molecule has 0 radical (unpaired) electrons. The monoisotopic (exact) mass is 269 g/mol. The van der Waals surface area contributed by atoms with E-state index in [9.17, 15) is 9.50 Å². The lowest BCUT2D eigenvalue weighted by atomic mass is 10.1. The van der Waals surface area contributed by atoms with E-state index in [-0.39, 0.29) is 5.82 Å². The van der Waals surface area contributed by atoms with Gasteiger partial charge in [-0.15, -0.1) is 11.3 Å². The molecule has 1 unspecified atom stereocenters. The van der Waals surface area contributed by atoms with Crippen molar-refractivity contribution in [2.75, 3.05) is 0 Å². The van der Waals surface area contributed by atoms with E-state index in [1.807, 2.05) is 12.3 Å². The first kappa shape index (κ1) is 12.5. The van der Waals surface area contributed by atoms with Gasteiger partial charge >= 0.3 is 0 Å². The summed E-state index contributed by atoms with van der Waals surface area (Å²) in [5.41, 5.74) is 1.57. The van der Waals surface area contributed by atoms with E-state index in [0.29, 0.717) is 5.56 Å². The average Bonchev–Trinajstić information content (AvgIpc) is 2.66. The zero-order valence-electron chi connectivity index (χ0n) is 9.48. The minimum atomic E-state index is -0.686. The van der Waals surface area contributed by atoms with Gasteiger partial charge in [0.25, 0.3) is 0 Å². The fourth-order valence-corrected chi connectivity index (χ4v) is 3.40. The smallest absolute Gasteiger partial charge is 0.154 e. The van der Waals surface area contributed by atoms with Crippen molar-refractivity contribution in [3.63, 3.8) is 0 Å². The van der Waals surface area contributed by atoms with Crippen molar-refractivity contribution in [1.29, 1.82) is 0 Å². The molecule has 1 aromatic heterocycles. The van der Waals surface area contributed by atoms with E-state index in [1.54, 1.807) is 24.3 Å². The van der Waals surface area contributed by atoms with Gasteiger partial charge in [0, 0.05) is 16.0 Å². The Morgan fingerprint density at radius 2 is 2.24 bits per heavy atom. The third-order valence-corrected chi connectivity index (χ3v) is 4.37. The summed E-state index contributed by atoms with van der Waals surface area (Å²) >= 11 is 3.00. The molecular weight excluding hydrogens is 257 g/mol. The van der Waals surface area contributed by atoms with Crippen molar-refractivity contribution in [3.05, 3.63) is 40.7 Å². The van der Waals surface area contributed by atoms with Gasteiger partial charge in [0.15, 0.2) is 4.34 Å². The molecular formula is C12H12FNOS2. The Hall–Kier alpha value is -0.910. The highest BCUT2D eigenvalue weighted by Gasteiger charge is 2.12. The Bertz CT molecular complexity index is 525. The summed E-state index contributed by atoms with van der Waals surface area (Å²) in [5.74, 6) is -0.333. The molecule has 0 aliphatic heterocycles. The average molecular weight is 269 g/mol. The van der Waals surface area contributed by atoms with Gasteiger partial charge in [-0.3, -0.25) is 0 Å². The first-order valence-electron chi connectivity index (χ1n) is 5.14. The number of aliphatic hydroxyl groups excluding tert-OH is 1. The second-order valence-electron chi connectivity index (χ2n) is 3.71. The number of aromatic nitrogens is 1. The fourth-order valence-electron chi connectivity index (χ4n) is 1.41.